The number of aliphatic hydroxyl groups excluding tert-OH is 1. The van der Waals surface area contributed by atoms with Crippen molar-refractivity contribution < 1.29 is 9.50 Å². The lowest BCUT2D eigenvalue weighted by atomic mass is 10.1. The maximum absolute atomic E-state index is 13.6. The van der Waals surface area contributed by atoms with Gasteiger partial charge in [0.05, 0.1) is 0 Å². The first-order valence-corrected chi connectivity index (χ1v) is 6.45. The third-order valence-electron chi connectivity index (χ3n) is 2.89. The lowest BCUT2D eigenvalue weighted by Gasteiger charge is -2.09. The SMILES string of the molecule is OCCc1ccc(NCc2c(F)cccc2Cl)cc1. The molecular formula is C15H15ClFNO. The molecule has 0 spiro atoms. The molecule has 0 aromatic heterocycles. The van der Waals surface area contributed by atoms with E-state index in [1.807, 2.05) is 24.3 Å². The molecule has 0 aliphatic heterocycles. The number of nitrogens with one attached hydrogen (secondary N) is 1. The highest BCUT2D eigenvalue weighted by Crippen LogP contribution is 2.20. The molecule has 0 saturated heterocycles. The zero-order chi connectivity index (χ0) is 13.7. The summed E-state index contributed by atoms with van der Waals surface area (Å²) in [5.41, 5.74) is 2.42. The van der Waals surface area contributed by atoms with E-state index in [2.05, 4.69) is 5.32 Å². The van der Waals surface area contributed by atoms with Crippen molar-refractivity contribution in [1.29, 1.82) is 0 Å². The van der Waals surface area contributed by atoms with Gasteiger partial charge in [-0.05, 0) is 36.2 Å². The topological polar surface area (TPSA) is 32.3 Å². The molecule has 0 aliphatic carbocycles. The van der Waals surface area contributed by atoms with Crippen LogP contribution in [0.1, 0.15) is 11.1 Å². The standard InChI is InChI=1S/C15H15ClFNO/c16-14-2-1-3-15(17)13(14)10-18-12-6-4-11(5-7-12)8-9-19/h1-7,18-19H,8-10H2. The van der Waals surface area contributed by atoms with Crippen molar-refractivity contribution in [3.05, 3.63) is 64.4 Å². The number of benzene rings is 2. The van der Waals surface area contributed by atoms with Gasteiger partial charge in [-0.3, -0.25) is 0 Å². The van der Waals surface area contributed by atoms with E-state index in [-0.39, 0.29) is 12.4 Å². The van der Waals surface area contributed by atoms with Crippen LogP contribution in [0.4, 0.5) is 10.1 Å². The monoisotopic (exact) mass is 279 g/mol. The summed E-state index contributed by atoms with van der Waals surface area (Å²) in [5, 5.41) is 12.4. The Hall–Kier alpha value is -1.58. The Bertz CT molecular complexity index is 522. The van der Waals surface area contributed by atoms with E-state index in [9.17, 15) is 4.39 Å². The van der Waals surface area contributed by atoms with Crippen molar-refractivity contribution in [3.8, 4) is 0 Å². The zero-order valence-corrected chi connectivity index (χ0v) is 11.1. The summed E-state index contributed by atoms with van der Waals surface area (Å²) in [5.74, 6) is -0.308. The Morgan fingerprint density at radius 1 is 1.11 bits per heavy atom. The largest absolute Gasteiger partial charge is 0.396 e. The Morgan fingerprint density at radius 2 is 1.84 bits per heavy atom. The molecule has 0 saturated carbocycles. The van der Waals surface area contributed by atoms with Crippen molar-refractivity contribution in [3.63, 3.8) is 0 Å². The summed E-state index contributed by atoms with van der Waals surface area (Å²) in [6.45, 7) is 0.475. The van der Waals surface area contributed by atoms with Crippen LogP contribution >= 0.6 is 11.6 Å². The Morgan fingerprint density at radius 3 is 2.47 bits per heavy atom. The van der Waals surface area contributed by atoms with Gasteiger partial charge >= 0.3 is 0 Å². The molecule has 0 heterocycles. The van der Waals surface area contributed by atoms with Crippen LogP contribution in [0.15, 0.2) is 42.5 Å². The van der Waals surface area contributed by atoms with E-state index in [0.717, 1.165) is 11.3 Å². The molecule has 0 amide bonds. The van der Waals surface area contributed by atoms with Gasteiger partial charge in [0, 0.05) is 29.4 Å². The number of aliphatic hydroxyl groups is 1. The maximum atomic E-state index is 13.6. The summed E-state index contributed by atoms with van der Waals surface area (Å²) in [4.78, 5) is 0. The van der Waals surface area contributed by atoms with Gasteiger partial charge in [-0.1, -0.05) is 29.8 Å². The fourth-order valence-electron chi connectivity index (χ4n) is 1.81. The van der Waals surface area contributed by atoms with Crippen molar-refractivity contribution in [1.82, 2.24) is 0 Å². The van der Waals surface area contributed by atoms with Crippen molar-refractivity contribution in [2.45, 2.75) is 13.0 Å². The molecule has 4 heteroatoms. The summed E-state index contributed by atoms with van der Waals surface area (Å²) < 4.78 is 13.6. The summed E-state index contributed by atoms with van der Waals surface area (Å²) >= 11 is 5.95. The lowest BCUT2D eigenvalue weighted by molar-refractivity contribution is 0.299. The summed E-state index contributed by atoms with van der Waals surface area (Å²) in [7, 11) is 0. The Balaban J connectivity index is 2.02. The van der Waals surface area contributed by atoms with Gasteiger partial charge in [0.15, 0.2) is 0 Å². The first-order chi connectivity index (χ1) is 9.20. The van der Waals surface area contributed by atoms with E-state index in [0.29, 0.717) is 23.6 Å². The molecule has 0 fully saturated rings. The number of anilines is 1. The average Bonchev–Trinajstić information content (AvgIpc) is 2.40. The molecule has 0 unspecified atom stereocenters. The van der Waals surface area contributed by atoms with Crippen LogP contribution in [0.25, 0.3) is 0 Å². The minimum Gasteiger partial charge on any atom is -0.396 e. The van der Waals surface area contributed by atoms with Gasteiger partial charge in [-0.25, -0.2) is 4.39 Å². The number of halogens is 2. The lowest BCUT2D eigenvalue weighted by Crippen LogP contribution is -2.02. The number of hydrogen-bond acceptors (Lipinski definition) is 2. The van der Waals surface area contributed by atoms with Crippen molar-refractivity contribution >= 4 is 17.3 Å². The molecule has 2 nitrogen and oxygen atoms in total. The molecule has 2 aromatic carbocycles. The molecule has 0 bridgehead atoms. The van der Waals surface area contributed by atoms with E-state index in [1.165, 1.54) is 6.07 Å². The van der Waals surface area contributed by atoms with Crippen LogP contribution in [0.5, 0.6) is 0 Å². The molecule has 0 aliphatic rings. The van der Waals surface area contributed by atoms with Gasteiger partial charge in [0.2, 0.25) is 0 Å². The Kier molecular flexibility index (Phi) is 4.77. The van der Waals surface area contributed by atoms with Crippen molar-refractivity contribution in [2.24, 2.45) is 0 Å². The molecule has 2 rings (SSSR count). The minimum atomic E-state index is -0.308. The zero-order valence-electron chi connectivity index (χ0n) is 10.4. The van der Waals surface area contributed by atoms with Gasteiger partial charge in [0.25, 0.3) is 0 Å². The highest BCUT2D eigenvalue weighted by atomic mass is 35.5. The quantitative estimate of drug-likeness (QED) is 0.876. The second-order valence-electron chi connectivity index (χ2n) is 4.22. The highest BCUT2D eigenvalue weighted by molar-refractivity contribution is 6.31. The third-order valence-corrected chi connectivity index (χ3v) is 3.24. The van der Waals surface area contributed by atoms with Gasteiger partial charge in [-0.15, -0.1) is 0 Å². The van der Waals surface area contributed by atoms with Crippen LogP contribution in [0, 0.1) is 5.82 Å². The van der Waals surface area contributed by atoms with E-state index >= 15 is 0 Å². The molecule has 2 aromatic rings. The summed E-state index contributed by atoms with van der Waals surface area (Å²) in [6.07, 6.45) is 0.638. The first kappa shape index (κ1) is 13.8. The fraction of sp³-hybridized carbons (Fsp3) is 0.200. The average molecular weight is 280 g/mol. The fourth-order valence-corrected chi connectivity index (χ4v) is 2.04. The van der Waals surface area contributed by atoms with E-state index in [1.54, 1.807) is 12.1 Å². The molecule has 100 valence electrons. The normalized spacial score (nSPS) is 10.5. The van der Waals surface area contributed by atoms with Gasteiger partial charge in [0.1, 0.15) is 5.82 Å². The van der Waals surface area contributed by atoms with Gasteiger partial charge < -0.3 is 10.4 Å². The minimum absolute atomic E-state index is 0.137. The van der Waals surface area contributed by atoms with E-state index in [4.69, 9.17) is 16.7 Å². The summed E-state index contributed by atoms with van der Waals surface area (Å²) in [6, 6.07) is 12.3. The molecule has 0 radical (unpaired) electrons. The maximum Gasteiger partial charge on any atom is 0.129 e. The first-order valence-electron chi connectivity index (χ1n) is 6.07. The smallest absolute Gasteiger partial charge is 0.129 e. The van der Waals surface area contributed by atoms with Crippen LogP contribution in [0.3, 0.4) is 0 Å². The molecular weight excluding hydrogens is 265 g/mol. The number of hydrogen-bond donors (Lipinski definition) is 2. The predicted octanol–water partition coefficient (Wildman–Crippen LogP) is 3.63. The number of rotatable bonds is 5. The predicted molar refractivity (Wildman–Crippen MR) is 76.0 cm³/mol. The third kappa shape index (κ3) is 3.69. The van der Waals surface area contributed by atoms with Crippen LogP contribution in [-0.4, -0.2) is 11.7 Å². The van der Waals surface area contributed by atoms with Crippen LogP contribution < -0.4 is 5.32 Å². The highest BCUT2D eigenvalue weighted by Gasteiger charge is 2.06. The molecule has 0 atom stereocenters. The van der Waals surface area contributed by atoms with Crippen LogP contribution in [-0.2, 0) is 13.0 Å². The van der Waals surface area contributed by atoms with Crippen molar-refractivity contribution in [2.75, 3.05) is 11.9 Å². The van der Waals surface area contributed by atoms with E-state index < -0.39 is 0 Å². The second-order valence-corrected chi connectivity index (χ2v) is 4.63. The Labute approximate surface area is 116 Å². The van der Waals surface area contributed by atoms with Crippen LogP contribution in [0.2, 0.25) is 5.02 Å². The molecule has 19 heavy (non-hydrogen) atoms. The second kappa shape index (κ2) is 6.55. The van der Waals surface area contributed by atoms with Gasteiger partial charge in [-0.2, -0.15) is 0 Å². The molecule has 2 N–H and O–H groups in total.